The number of ether oxygens (including phenoxy) is 1. The first-order chi connectivity index (χ1) is 15.4. The van der Waals surface area contributed by atoms with Crippen molar-refractivity contribution in [2.45, 2.75) is 19.6 Å². The topological polar surface area (TPSA) is 105 Å². The minimum atomic E-state index is -0.578. The van der Waals surface area contributed by atoms with Gasteiger partial charge in [0.1, 0.15) is 28.4 Å². The second-order valence-corrected chi connectivity index (χ2v) is 8.68. The summed E-state index contributed by atoms with van der Waals surface area (Å²) in [5, 5.41) is 12.9. The Kier molecular flexibility index (Phi) is 6.15. The number of rotatable bonds is 7. The van der Waals surface area contributed by atoms with E-state index >= 15 is 0 Å². The van der Waals surface area contributed by atoms with E-state index in [0.29, 0.717) is 33.4 Å². The second kappa shape index (κ2) is 9.01. The molecule has 162 valence electrons. The summed E-state index contributed by atoms with van der Waals surface area (Å²) in [6, 6.07) is 13.2. The minimum absolute atomic E-state index is 0.307. The van der Waals surface area contributed by atoms with Gasteiger partial charge in [-0.05, 0) is 37.7 Å². The molecule has 3 aromatic heterocycles. The van der Waals surface area contributed by atoms with Crippen molar-refractivity contribution in [3.63, 3.8) is 0 Å². The molecule has 0 saturated heterocycles. The molecule has 32 heavy (non-hydrogen) atoms. The minimum Gasteiger partial charge on any atom is -0.484 e. The molecule has 3 heterocycles. The number of hydrogen-bond acceptors (Lipinski definition) is 6. The Morgan fingerprint density at radius 2 is 2.19 bits per heavy atom. The number of benzene rings is 1. The molecule has 1 amide bonds. The first-order valence-electron chi connectivity index (χ1n) is 9.82. The molecule has 0 fully saturated rings. The number of pyridine rings is 1. The van der Waals surface area contributed by atoms with E-state index in [0.717, 1.165) is 21.7 Å². The van der Waals surface area contributed by atoms with Crippen molar-refractivity contribution >= 4 is 34.5 Å². The fraction of sp³-hybridized carbons (Fsp3) is 0.174. The molecule has 0 radical (unpaired) electrons. The Hall–Kier alpha value is -3.38. The van der Waals surface area contributed by atoms with Crippen molar-refractivity contribution in [1.82, 2.24) is 14.7 Å². The van der Waals surface area contributed by atoms with E-state index in [1.54, 1.807) is 35.0 Å². The molecule has 0 spiro atoms. The number of primary amides is 1. The highest BCUT2D eigenvalue weighted by atomic mass is 35.5. The third-order valence-corrected chi connectivity index (χ3v) is 6.48. The van der Waals surface area contributed by atoms with Crippen LogP contribution < -0.4 is 15.8 Å². The molecule has 0 aliphatic heterocycles. The monoisotopic (exact) mass is 465 g/mol. The molecular formula is C23H20ClN5O2S. The molecule has 1 aromatic carbocycles. The molecule has 3 N–H and O–H groups in total. The lowest BCUT2D eigenvalue weighted by Gasteiger charge is -2.17. The third kappa shape index (κ3) is 4.18. The average molecular weight is 466 g/mol. The summed E-state index contributed by atoms with van der Waals surface area (Å²) in [6.07, 6.45) is 2.99. The molecule has 4 rings (SSSR count). The van der Waals surface area contributed by atoms with Gasteiger partial charge in [0.25, 0.3) is 5.91 Å². The van der Waals surface area contributed by atoms with Crippen LogP contribution in [0.2, 0.25) is 5.02 Å². The molecule has 0 aliphatic rings. The van der Waals surface area contributed by atoms with Gasteiger partial charge in [0.2, 0.25) is 0 Å². The molecule has 0 saturated carbocycles. The maximum Gasteiger partial charge on any atom is 0.262 e. The van der Waals surface area contributed by atoms with Crippen LogP contribution in [-0.4, -0.2) is 22.3 Å². The number of aromatic nitrogens is 2. The van der Waals surface area contributed by atoms with Crippen molar-refractivity contribution in [3.05, 3.63) is 75.4 Å². The van der Waals surface area contributed by atoms with Gasteiger partial charge in [-0.2, -0.15) is 5.26 Å². The van der Waals surface area contributed by atoms with E-state index in [4.69, 9.17) is 22.1 Å². The van der Waals surface area contributed by atoms with E-state index in [9.17, 15) is 10.1 Å². The Morgan fingerprint density at radius 1 is 1.38 bits per heavy atom. The Bertz CT molecular complexity index is 1350. The average Bonchev–Trinajstić information content (AvgIpc) is 3.37. The van der Waals surface area contributed by atoms with Gasteiger partial charge in [0, 0.05) is 29.4 Å². The lowest BCUT2D eigenvalue weighted by atomic mass is 10.1. The zero-order valence-corrected chi connectivity index (χ0v) is 19.0. The number of nitrogens with one attached hydrogen (secondary N) is 1. The standard InChI is InChI=1S/C23H20ClN5O2S/c1-13(16-5-3-14(10-27-2)7-17(16)24)31-19-8-20(32-22(19)23(26)30)18-11-28-21-6-4-15(9-25)12-29(18)21/h3-8,11-13,27H,10H2,1-2H3,(H2,26,30). The summed E-state index contributed by atoms with van der Waals surface area (Å²) >= 11 is 7.69. The molecule has 1 atom stereocenters. The molecule has 4 aromatic rings. The first kappa shape index (κ1) is 21.8. The number of nitrogens with two attached hydrogens (primary N) is 1. The SMILES string of the molecule is CNCc1ccc(C(C)Oc2cc(-c3cnc4ccc(C#N)cn34)sc2C(N)=O)c(Cl)c1. The maximum atomic E-state index is 12.1. The fourth-order valence-corrected chi connectivity index (χ4v) is 4.76. The van der Waals surface area contributed by atoms with E-state index in [-0.39, 0.29) is 0 Å². The number of amides is 1. The van der Waals surface area contributed by atoms with Crippen LogP contribution in [0, 0.1) is 11.3 Å². The smallest absolute Gasteiger partial charge is 0.262 e. The Labute approximate surface area is 194 Å². The van der Waals surface area contributed by atoms with Gasteiger partial charge in [-0.1, -0.05) is 23.7 Å². The first-order valence-corrected chi connectivity index (χ1v) is 11.0. The van der Waals surface area contributed by atoms with Crippen molar-refractivity contribution in [3.8, 4) is 22.4 Å². The van der Waals surface area contributed by atoms with Crippen LogP contribution >= 0.6 is 22.9 Å². The lowest BCUT2D eigenvalue weighted by molar-refractivity contribution is 0.0998. The normalized spacial score (nSPS) is 11.9. The highest BCUT2D eigenvalue weighted by Gasteiger charge is 2.21. The van der Waals surface area contributed by atoms with Gasteiger partial charge in [-0.3, -0.25) is 9.20 Å². The Balaban J connectivity index is 1.69. The number of fused-ring (bicyclic) bond motifs is 1. The van der Waals surface area contributed by atoms with Gasteiger partial charge in [0.05, 0.1) is 22.3 Å². The van der Waals surface area contributed by atoms with E-state index in [1.807, 2.05) is 32.2 Å². The Morgan fingerprint density at radius 3 is 2.88 bits per heavy atom. The maximum absolute atomic E-state index is 12.1. The number of hydrogen-bond donors (Lipinski definition) is 2. The number of carbonyl (C=O) groups excluding carboxylic acids is 1. The third-order valence-electron chi connectivity index (χ3n) is 5.00. The number of nitrogens with zero attached hydrogens (tertiary/aromatic N) is 3. The van der Waals surface area contributed by atoms with Crippen LogP contribution in [0.5, 0.6) is 5.75 Å². The summed E-state index contributed by atoms with van der Waals surface area (Å²) in [4.78, 5) is 17.6. The predicted octanol–water partition coefficient (Wildman–Crippen LogP) is 4.55. The number of imidazole rings is 1. The summed E-state index contributed by atoms with van der Waals surface area (Å²) in [5.74, 6) is -0.197. The van der Waals surface area contributed by atoms with Crippen LogP contribution in [0.3, 0.4) is 0 Å². The van der Waals surface area contributed by atoms with Gasteiger partial charge < -0.3 is 15.8 Å². The summed E-state index contributed by atoms with van der Waals surface area (Å²) in [7, 11) is 1.87. The largest absolute Gasteiger partial charge is 0.484 e. The number of carbonyl (C=O) groups is 1. The fourth-order valence-electron chi connectivity index (χ4n) is 3.46. The van der Waals surface area contributed by atoms with Crippen molar-refractivity contribution in [2.75, 3.05) is 7.05 Å². The van der Waals surface area contributed by atoms with Gasteiger partial charge in [-0.25, -0.2) is 4.98 Å². The molecule has 1 unspecified atom stereocenters. The van der Waals surface area contributed by atoms with E-state index < -0.39 is 12.0 Å². The number of halogens is 1. The predicted molar refractivity (Wildman–Crippen MR) is 125 cm³/mol. The quantitative estimate of drug-likeness (QED) is 0.416. The lowest BCUT2D eigenvalue weighted by Crippen LogP contribution is -2.12. The second-order valence-electron chi connectivity index (χ2n) is 7.22. The number of thiophene rings is 1. The molecule has 7 nitrogen and oxygen atoms in total. The van der Waals surface area contributed by atoms with Crippen LogP contribution in [-0.2, 0) is 6.54 Å². The summed E-state index contributed by atoms with van der Waals surface area (Å²) in [6.45, 7) is 2.58. The van der Waals surface area contributed by atoms with E-state index in [2.05, 4.69) is 16.4 Å². The molecule has 0 aliphatic carbocycles. The van der Waals surface area contributed by atoms with Crippen LogP contribution in [0.15, 0.2) is 48.8 Å². The van der Waals surface area contributed by atoms with Crippen LogP contribution in [0.25, 0.3) is 16.2 Å². The molecular weight excluding hydrogens is 446 g/mol. The zero-order chi connectivity index (χ0) is 22.8. The molecule has 9 heteroatoms. The molecule has 0 bridgehead atoms. The highest BCUT2D eigenvalue weighted by Crippen LogP contribution is 2.39. The zero-order valence-electron chi connectivity index (χ0n) is 17.4. The van der Waals surface area contributed by atoms with E-state index in [1.165, 1.54) is 11.3 Å². The van der Waals surface area contributed by atoms with Crippen molar-refractivity contribution in [2.24, 2.45) is 5.73 Å². The van der Waals surface area contributed by atoms with Crippen LogP contribution in [0.1, 0.15) is 39.4 Å². The van der Waals surface area contributed by atoms with Crippen molar-refractivity contribution < 1.29 is 9.53 Å². The van der Waals surface area contributed by atoms with Gasteiger partial charge in [-0.15, -0.1) is 11.3 Å². The highest BCUT2D eigenvalue weighted by molar-refractivity contribution is 7.17. The summed E-state index contributed by atoms with van der Waals surface area (Å²) in [5.41, 5.74) is 9.44. The van der Waals surface area contributed by atoms with Gasteiger partial charge in [0.15, 0.2) is 0 Å². The van der Waals surface area contributed by atoms with Crippen molar-refractivity contribution in [1.29, 1.82) is 5.26 Å². The van der Waals surface area contributed by atoms with Gasteiger partial charge >= 0.3 is 0 Å². The number of nitriles is 1. The van der Waals surface area contributed by atoms with Crippen LogP contribution in [0.4, 0.5) is 0 Å². The summed E-state index contributed by atoms with van der Waals surface area (Å²) < 4.78 is 7.94.